The molecule has 88 valence electrons. The van der Waals surface area contributed by atoms with Crippen LogP contribution in [0.1, 0.15) is 48.5 Å². The van der Waals surface area contributed by atoms with Gasteiger partial charge in [0.2, 0.25) is 0 Å². The van der Waals surface area contributed by atoms with Crippen molar-refractivity contribution >= 4 is 0 Å². The molecule has 0 aliphatic heterocycles. The number of ether oxygens (including phenoxy) is 1. The standard InChI is InChI=1S/C9H20O.C3H9N/c1-7(2)9(5)6-10-8(3)4;1-3(2)4/h7-9H,6H2,1-5H3;3H,4H2,1-2H3. The van der Waals surface area contributed by atoms with Gasteiger partial charge in [-0.2, -0.15) is 0 Å². The Labute approximate surface area is 90.2 Å². The van der Waals surface area contributed by atoms with Gasteiger partial charge in [0.25, 0.3) is 0 Å². The van der Waals surface area contributed by atoms with Crippen LogP contribution >= 0.6 is 0 Å². The molecule has 0 heterocycles. The van der Waals surface area contributed by atoms with Gasteiger partial charge in [0.1, 0.15) is 0 Å². The fraction of sp³-hybridized carbons (Fsp3) is 1.00. The van der Waals surface area contributed by atoms with E-state index in [-0.39, 0.29) is 0 Å². The first-order valence-corrected chi connectivity index (χ1v) is 5.64. The van der Waals surface area contributed by atoms with Gasteiger partial charge in [-0.3, -0.25) is 0 Å². The third kappa shape index (κ3) is 17.9. The van der Waals surface area contributed by atoms with E-state index in [1.54, 1.807) is 0 Å². The van der Waals surface area contributed by atoms with Crippen molar-refractivity contribution in [3.63, 3.8) is 0 Å². The minimum Gasteiger partial charge on any atom is -0.379 e. The molecule has 0 aromatic rings. The highest BCUT2D eigenvalue weighted by Crippen LogP contribution is 2.10. The van der Waals surface area contributed by atoms with Crippen molar-refractivity contribution < 1.29 is 4.74 Å². The molecule has 0 amide bonds. The fourth-order valence-corrected chi connectivity index (χ4v) is 0.537. The quantitative estimate of drug-likeness (QED) is 0.762. The maximum Gasteiger partial charge on any atom is 0.0519 e. The Kier molecular flexibility index (Phi) is 11.1. The molecule has 2 N–H and O–H groups in total. The van der Waals surface area contributed by atoms with Gasteiger partial charge in [0, 0.05) is 6.61 Å². The smallest absolute Gasteiger partial charge is 0.0519 e. The predicted molar refractivity (Wildman–Crippen MR) is 64.4 cm³/mol. The predicted octanol–water partition coefficient (Wildman–Crippen LogP) is 3.06. The average Bonchev–Trinajstić information content (AvgIpc) is 1.98. The molecule has 0 aliphatic rings. The van der Waals surface area contributed by atoms with Gasteiger partial charge in [0.05, 0.1) is 6.10 Å². The van der Waals surface area contributed by atoms with Crippen LogP contribution in [0.5, 0.6) is 0 Å². The van der Waals surface area contributed by atoms with E-state index in [2.05, 4.69) is 34.6 Å². The molecule has 0 aromatic heterocycles. The van der Waals surface area contributed by atoms with E-state index in [9.17, 15) is 0 Å². The Hall–Kier alpha value is -0.0800. The highest BCUT2D eigenvalue weighted by atomic mass is 16.5. The van der Waals surface area contributed by atoms with Gasteiger partial charge >= 0.3 is 0 Å². The molecule has 1 unspecified atom stereocenters. The highest BCUT2D eigenvalue weighted by molar-refractivity contribution is 4.55. The molecule has 14 heavy (non-hydrogen) atoms. The first-order chi connectivity index (χ1) is 6.27. The Morgan fingerprint density at radius 3 is 1.50 bits per heavy atom. The van der Waals surface area contributed by atoms with E-state index in [0.717, 1.165) is 12.5 Å². The molecule has 2 nitrogen and oxygen atoms in total. The molecule has 1 atom stereocenters. The van der Waals surface area contributed by atoms with Crippen LogP contribution in [0.2, 0.25) is 0 Å². The zero-order valence-electron chi connectivity index (χ0n) is 11.0. The molecule has 0 saturated carbocycles. The molecule has 0 fully saturated rings. The normalized spacial score (nSPS) is 13.1. The number of rotatable bonds is 4. The molecular formula is C12H29NO. The average molecular weight is 203 g/mol. The van der Waals surface area contributed by atoms with Crippen LogP contribution in [-0.2, 0) is 4.74 Å². The fourth-order valence-electron chi connectivity index (χ4n) is 0.537. The number of hydrogen-bond donors (Lipinski definition) is 1. The topological polar surface area (TPSA) is 35.2 Å². The van der Waals surface area contributed by atoms with Crippen molar-refractivity contribution in [1.82, 2.24) is 0 Å². The second kappa shape index (κ2) is 9.47. The molecular weight excluding hydrogens is 174 g/mol. The molecule has 0 radical (unpaired) electrons. The lowest BCUT2D eigenvalue weighted by molar-refractivity contribution is 0.0443. The van der Waals surface area contributed by atoms with Gasteiger partial charge in [0.15, 0.2) is 0 Å². The molecule has 0 bridgehead atoms. The van der Waals surface area contributed by atoms with Crippen LogP contribution in [0.4, 0.5) is 0 Å². The van der Waals surface area contributed by atoms with Crippen molar-refractivity contribution in [2.24, 2.45) is 17.6 Å². The molecule has 2 heteroatoms. The van der Waals surface area contributed by atoms with E-state index in [4.69, 9.17) is 10.5 Å². The number of nitrogens with two attached hydrogens (primary N) is 1. The summed E-state index contributed by atoms with van der Waals surface area (Å²) in [6, 6.07) is 0.333. The maximum atomic E-state index is 5.46. The summed E-state index contributed by atoms with van der Waals surface area (Å²) in [5.74, 6) is 1.42. The van der Waals surface area contributed by atoms with E-state index >= 15 is 0 Å². The lowest BCUT2D eigenvalue weighted by Crippen LogP contribution is -2.15. The lowest BCUT2D eigenvalue weighted by atomic mass is 9.99. The molecule has 0 aliphatic carbocycles. The number of hydrogen-bond acceptors (Lipinski definition) is 2. The summed E-state index contributed by atoms with van der Waals surface area (Å²) in [5, 5.41) is 0. The van der Waals surface area contributed by atoms with Crippen LogP contribution in [0.15, 0.2) is 0 Å². The second-order valence-electron chi connectivity index (χ2n) is 4.85. The summed E-state index contributed by atoms with van der Waals surface area (Å²) in [6.45, 7) is 15.6. The first kappa shape index (κ1) is 16.4. The third-order valence-corrected chi connectivity index (χ3v) is 1.83. The Balaban J connectivity index is 0. The summed E-state index contributed by atoms with van der Waals surface area (Å²) in [4.78, 5) is 0. The zero-order valence-corrected chi connectivity index (χ0v) is 11.0. The van der Waals surface area contributed by atoms with Crippen LogP contribution in [0.3, 0.4) is 0 Å². The zero-order chi connectivity index (χ0) is 11.7. The summed E-state index contributed by atoms with van der Waals surface area (Å²) in [5.41, 5.74) is 5.11. The van der Waals surface area contributed by atoms with Gasteiger partial charge in [-0.25, -0.2) is 0 Å². The lowest BCUT2D eigenvalue weighted by Gasteiger charge is -2.16. The second-order valence-corrected chi connectivity index (χ2v) is 4.85. The maximum absolute atomic E-state index is 5.46. The van der Waals surface area contributed by atoms with Gasteiger partial charge in [-0.1, -0.05) is 34.6 Å². The van der Waals surface area contributed by atoms with Gasteiger partial charge in [-0.15, -0.1) is 0 Å². The van der Waals surface area contributed by atoms with E-state index in [1.165, 1.54) is 0 Å². The summed E-state index contributed by atoms with van der Waals surface area (Å²) >= 11 is 0. The van der Waals surface area contributed by atoms with Gasteiger partial charge in [-0.05, 0) is 31.7 Å². The molecule has 0 aromatic carbocycles. The van der Waals surface area contributed by atoms with Crippen LogP contribution in [-0.4, -0.2) is 18.8 Å². The van der Waals surface area contributed by atoms with Crippen molar-refractivity contribution in [1.29, 1.82) is 0 Å². The highest BCUT2D eigenvalue weighted by Gasteiger charge is 2.07. The van der Waals surface area contributed by atoms with E-state index in [0.29, 0.717) is 18.1 Å². The van der Waals surface area contributed by atoms with Crippen LogP contribution in [0.25, 0.3) is 0 Å². The first-order valence-electron chi connectivity index (χ1n) is 5.64. The third-order valence-electron chi connectivity index (χ3n) is 1.83. The molecule has 0 saturated heterocycles. The van der Waals surface area contributed by atoms with Crippen molar-refractivity contribution in [2.75, 3.05) is 6.61 Å². The minimum atomic E-state index is 0.333. The van der Waals surface area contributed by atoms with Crippen LogP contribution < -0.4 is 5.73 Å². The van der Waals surface area contributed by atoms with Crippen LogP contribution in [0, 0.1) is 11.8 Å². The summed E-state index contributed by atoms with van der Waals surface area (Å²) in [6.07, 6.45) is 0.376. The minimum absolute atomic E-state index is 0.333. The largest absolute Gasteiger partial charge is 0.379 e. The Bertz CT molecular complexity index is 108. The van der Waals surface area contributed by atoms with E-state index < -0.39 is 0 Å². The van der Waals surface area contributed by atoms with Crippen molar-refractivity contribution in [3.05, 3.63) is 0 Å². The van der Waals surface area contributed by atoms with Crippen molar-refractivity contribution in [2.45, 2.75) is 60.6 Å². The SMILES string of the molecule is CC(C)N.CC(C)OCC(C)C(C)C. The summed E-state index contributed by atoms with van der Waals surface area (Å²) < 4.78 is 5.46. The molecule has 0 spiro atoms. The Morgan fingerprint density at radius 1 is 0.929 bits per heavy atom. The Morgan fingerprint density at radius 2 is 1.29 bits per heavy atom. The monoisotopic (exact) mass is 203 g/mol. The van der Waals surface area contributed by atoms with Gasteiger partial charge < -0.3 is 10.5 Å². The molecule has 0 rings (SSSR count). The van der Waals surface area contributed by atoms with Crippen molar-refractivity contribution in [3.8, 4) is 0 Å². The van der Waals surface area contributed by atoms with E-state index in [1.807, 2.05) is 13.8 Å². The summed E-state index contributed by atoms with van der Waals surface area (Å²) in [7, 11) is 0.